The highest BCUT2D eigenvalue weighted by molar-refractivity contribution is 8.02. The topological polar surface area (TPSA) is 127 Å². The van der Waals surface area contributed by atoms with Crippen molar-refractivity contribution in [2.45, 2.75) is 0 Å². The number of primary amides is 2. The van der Waals surface area contributed by atoms with Crippen molar-refractivity contribution in [3.63, 3.8) is 0 Å². The Morgan fingerprint density at radius 3 is 2.25 bits per heavy atom. The van der Waals surface area contributed by atoms with Crippen LogP contribution in [-0.2, 0) is 0 Å². The molecule has 1 aromatic carbocycles. The van der Waals surface area contributed by atoms with Crippen molar-refractivity contribution in [2.24, 2.45) is 11.5 Å². The van der Waals surface area contributed by atoms with Crippen LogP contribution < -0.4 is 16.4 Å². The second kappa shape index (κ2) is 5.25. The first-order valence-electron chi connectivity index (χ1n) is 5.48. The third-order valence-electron chi connectivity index (χ3n) is 2.76. The Bertz CT molecular complexity index is 642. The summed E-state index contributed by atoms with van der Waals surface area (Å²) in [5.41, 5.74) is 10.2. The number of nitrogens with two attached hydrogens (primary N) is 2. The van der Waals surface area contributed by atoms with E-state index in [1.807, 2.05) is 0 Å². The van der Waals surface area contributed by atoms with Crippen LogP contribution in [0.2, 0.25) is 0 Å². The highest BCUT2D eigenvalue weighted by Gasteiger charge is 2.27. The second-order valence-electron chi connectivity index (χ2n) is 3.97. The van der Waals surface area contributed by atoms with Gasteiger partial charge in [0.15, 0.2) is 0 Å². The van der Waals surface area contributed by atoms with Gasteiger partial charge in [-0.15, -0.1) is 11.8 Å². The van der Waals surface area contributed by atoms with Crippen LogP contribution in [0.25, 0.3) is 0 Å². The minimum atomic E-state index is -1.22. The lowest BCUT2D eigenvalue weighted by Crippen LogP contribution is -2.27. The molecule has 1 aromatic rings. The summed E-state index contributed by atoms with van der Waals surface area (Å²) in [6, 6.07) is 2.43. The number of anilines is 1. The number of thioether (sulfide) groups is 1. The molecule has 20 heavy (non-hydrogen) atoms. The number of amides is 2. The van der Waals surface area contributed by atoms with E-state index >= 15 is 0 Å². The van der Waals surface area contributed by atoms with E-state index < -0.39 is 17.8 Å². The first-order chi connectivity index (χ1) is 9.43. The van der Waals surface area contributed by atoms with E-state index in [0.29, 0.717) is 5.88 Å². The zero-order valence-electron chi connectivity index (χ0n) is 10.2. The lowest BCUT2D eigenvalue weighted by Gasteiger charge is -2.21. The molecule has 7 nitrogen and oxygen atoms in total. The fourth-order valence-electron chi connectivity index (χ4n) is 1.94. The molecule has 2 amide bonds. The molecular weight excluding hydrogens is 282 g/mol. The third kappa shape index (κ3) is 2.32. The number of aromatic carboxylic acids is 1. The molecule has 104 valence electrons. The van der Waals surface area contributed by atoms with Crippen LogP contribution in [0.3, 0.4) is 0 Å². The summed E-state index contributed by atoms with van der Waals surface area (Å²) >= 11 is 1.42. The molecule has 0 saturated carbocycles. The summed E-state index contributed by atoms with van der Waals surface area (Å²) in [7, 11) is 0. The van der Waals surface area contributed by atoms with Crippen LogP contribution in [0.5, 0.6) is 0 Å². The molecule has 0 atom stereocenters. The molecule has 0 fully saturated rings. The maximum absolute atomic E-state index is 11.6. The van der Waals surface area contributed by atoms with Crippen LogP contribution >= 0.6 is 11.8 Å². The number of hydrogen-bond acceptors (Lipinski definition) is 5. The van der Waals surface area contributed by atoms with Crippen LogP contribution in [0, 0.1) is 0 Å². The molecule has 0 bridgehead atoms. The maximum atomic E-state index is 11.6. The Balaban J connectivity index is 2.78. The Morgan fingerprint density at radius 1 is 1.15 bits per heavy atom. The van der Waals surface area contributed by atoms with Crippen LogP contribution in [0.4, 0.5) is 5.69 Å². The van der Waals surface area contributed by atoms with Gasteiger partial charge in [0.2, 0.25) is 5.91 Å². The molecule has 5 N–H and O–H groups in total. The number of nitrogens with zero attached hydrogens (tertiary/aromatic N) is 1. The van der Waals surface area contributed by atoms with Gasteiger partial charge in [0, 0.05) is 6.20 Å². The van der Waals surface area contributed by atoms with Crippen molar-refractivity contribution in [3.8, 4) is 0 Å². The van der Waals surface area contributed by atoms with Gasteiger partial charge in [-0.1, -0.05) is 0 Å². The highest BCUT2D eigenvalue weighted by Crippen LogP contribution is 2.33. The number of carboxylic acid groups (broad SMARTS) is 1. The summed E-state index contributed by atoms with van der Waals surface area (Å²) in [6.07, 6.45) is 1.61. The predicted octanol–water partition coefficient (Wildman–Crippen LogP) is 0.565. The molecular formula is C12H11N3O4S. The molecule has 0 aromatic heterocycles. The van der Waals surface area contributed by atoms with Crippen molar-refractivity contribution in [1.82, 2.24) is 0 Å². The maximum Gasteiger partial charge on any atom is 0.337 e. The minimum absolute atomic E-state index is 0.0857. The van der Waals surface area contributed by atoms with Gasteiger partial charge in [0.1, 0.15) is 0 Å². The molecule has 0 unspecified atom stereocenters. The first-order valence-corrected chi connectivity index (χ1v) is 6.53. The minimum Gasteiger partial charge on any atom is -0.478 e. The zero-order valence-corrected chi connectivity index (χ0v) is 11.0. The number of rotatable bonds is 4. The molecule has 2 rings (SSSR count). The summed E-state index contributed by atoms with van der Waals surface area (Å²) in [4.78, 5) is 35.9. The summed E-state index contributed by atoms with van der Waals surface area (Å²) < 4.78 is 0. The standard InChI is InChI=1S/C12H11N3O4S/c13-10(16)6-1-2-7(12(18)19)9(8(6)11(14)17)15-3-4-20-5-15/h1-4H,5H2,(H2,13,16)(H2,14,17)(H,18,19). The van der Waals surface area contributed by atoms with E-state index in [0.717, 1.165) is 0 Å². The zero-order chi connectivity index (χ0) is 14.9. The Hall–Kier alpha value is -2.48. The average Bonchev–Trinajstić information content (AvgIpc) is 2.89. The lowest BCUT2D eigenvalue weighted by molar-refractivity contribution is 0.0697. The smallest absolute Gasteiger partial charge is 0.337 e. The lowest BCUT2D eigenvalue weighted by atomic mass is 9.98. The molecule has 0 spiro atoms. The monoisotopic (exact) mass is 293 g/mol. The van der Waals surface area contributed by atoms with Crippen LogP contribution in [0.1, 0.15) is 31.1 Å². The number of carbonyl (C=O) groups is 3. The molecule has 0 radical (unpaired) electrons. The van der Waals surface area contributed by atoms with Gasteiger partial charge in [-0.2, -0.15) is 0 Å². The molecule has 1 aliphatic heterocycles. The van der Waals surface area contributed by atoms with E-state index in [-0.39, 0.29) is 22.4 Å². The Morgan fingerprint density at radius 2 is 1.80 bits per heavy atom. The number of carboxylic acids is 1. The van der Waals surface area contributed by atoms with Gasteiger partial charge >= 0.3 is 5.97 Å². The summed E-state index contributed by atoms with van der Waals surface area (Å²) in [6.45, 7) is 0. The van der Waals surface area contributed by atoms with Crippen molar-refractivity contribution in [1.29, 1.82) is 0 Å². The number of hydrogen-bond donors (Lipinski definition) is 3. The van der Waals surface area contributed by atoms with E-state index in [1.165, 1.54) is 23.9 Å². The van der Waals surface area contributed by atoms with Crippen molar-refractivity contribution < 1.29 is 19.5 Å². The van der Waals surface area contributed by atoms with Crippen molar-refractivity contribution >= 4 is 35.2 Å². The van der Waals surface area contributed by atoms with Crippen LogP contribution in [-0.4, -0.2) is 28.8 Å². The molecule has 1 aliphatic rings. The quantitative estimate of drug-likeness (QED) is 0.744. The predicted molar refractivity (Wildman–Crippen MR) is 74.5 cm³/mol. The van der Waals surface area contributed by atoms with Gasteiger partial charge in [0.25, 0.3) is 5.91 Å². The molecule has 1 heterocycles. The van der Waals surface area contributed by atoms with Gasteiger partial charge in [-0.25, -0.2) is 4.79 Å². The molecule has 0 aliphatic carbocycles. The van der Waals surface area contributed by atoms with Crippen molar-refractivity contribution in [2.75, 3.05) is 10.8 Å². The summed E-state index contributed by atoms with van der Waals surface area (Å²) in [5, 5.41) is 11.0. The van der Waals surface area contributed by atoms with Gasteiger partial charge < -0.3 is 21.5 Å². The fourth-order valence-corrected chi connectivity index (χ4v) is 2.63. The Kier molecular flexibility index (Phi) is 3.66. The first kappa shape index (κ1) is 13.9. The van der Waals surface area contributed by atoms with Gasteiger partial charge in [0.05, 0.1) is 28.3 Å². The van der Waals surface area contributed by atoms with E-state index in [4.69, 9.17) is 11.5 Å². The Labute approximate surface area is 118 Å². The normalized spacial score (nSPS) is 13.5. The van der Waals surface area contributed by atoms with E-state index in [1.54, 1.807) is 16.5 Å². The van der Waals surface area contributed by atoms with E-state index in [9.17, 15) is 19.5 Å². The second-order valence-corrected chi connectivity index (χ2v) is 4.83. The molecule has 8 heteroatoms. The fraction of sp³-hybridized carbons (Fsp3) is 0.0833. The number of carbonyl (C=O) groups excluding carboxylic acids is 2. The molecule has 0 saturated heterocycles. The van der Waals surface area contributed by atoms with Crippen molar-refractivity contribution in [3.05, 3.63) is 40.4 Å². The number of benzene rings is 1. The third-order valence-corrected chi connectivity index (χ3v) is 3.50. The van der Waals surface area contributed by atoms with Gasteiger partial charge in [-0.05, 0) is 17.5 Å². The van der Waals surface area contributed by atoms with Gasteiger partial charge in [-0.3, -0.25) is 9.59 Å². The largest absolute Gasteiger partial charge is 0.478 e. The van der Waals surface area contributed by atoms with Crippen LogP contribution in [0.15, 0.2) is 23.7 Å². The summed E-state index contributed by atoms with van der Waals surface area (Å²) in [5.74, 6) is -2.54. The van der Waals surface area contributed by atoms with E-state index in [2.05, 4.69) is 0 Å². The SMILES string of the molecule is NC(=O)c1ccc(C(=O)O)c(N2C=CSC2)c1C(N)=O. The highest BCUT2D eigenvalue weighted by atomic mass is 32.2. The average molecular weight is 293 g/mol.